The van der Waals surface area contributed by atoms with Crippen molar-refractivity contribution < 1.29 is 14.7 Å². The molecule has 0 aliphatic carbocycles. The molecule has 1 atom stereocenters. The molecule has 2 N–H and O–H groups in total. The van der Waals surface area contributed by atoms with Gasteiger partial charge in [-0.05, 0) is 25.5 Å². The molecule has 0 radical (unpaired) electrons. The van der Waals surface area contributed by atoms with Gasteiger partial charge in [-0.25, -0.2) is 0 Å². The van der Waals surface area contributed by atoms with Crippen LogP contribution in [0, 0.1) is 0 Å². The van der Waals surface area contributed by atoms with Crippen LogP contribution in [0.3, 0.4) is 0 Å². The second-order valence-electron chi connectivity index (χ2n) is 5.49. The molecule has 1 aliphatic rings. The fourth-order valence-corrected chi connectivity index (χ4v) is 3.03. The lowest BCUT2D eigenvalue weighted by Crippen LogP contribution is -2.46. The molecule has 1 unspecified atom stereocenters. The molecule has 0 saturated carbocycles. The monoisotopic (exact) mass is 286 g/mol. The van der Waals surface area contributed by atoms with Gasteiger partial charge < -0.3 is 10.1 Å². The molecular weight excluding hydrogens is 268 g/mol. The Morgan fingerprint density at radius 2 is 2.10 bits per heavy atom. The Bertz CT molecular complexity index is 677. The second kappa shape index (κ2) is 5.69. The summed E-state index contributed by atoms with van der Waals surface area (Å²) in [6.45, 7) is 0.837. The van der Waals surface area contributed by atoms with Gasteiger partial charge in [0.15, 0.2) is 5.78 Å². The number of carboxylic acid groups (broad SMARTS) is 1. The Balaban J connectivity index is 1.80. The molecule has 3 rings (SSSR count). The number of Topliss-reactive ketones (excluding diaryl/α,β-unsaturated/α-hetero) is 1. The summed E-state index contributed by atoms with van der Waals surface area (Å²) >= 11 is 0. The third kappa shape index (κ3) is 2.69. The Kier molecular flexibility index (Phi) is 3.75. The first-order valence-electron chi connectivity index (χ1n) is 7.23. The van der Waals surface area contributed by atoms with Gasteiger partial charge in [0.2, 0.25) is 0 Å². The lowest BCUT2D eigenvalue weighted by Gasteiger charge is -2.32. The number of nitrogens with one attached hydrogen (secondary N) is 1. The number of aromatic nitrogens is 1. The first kappa shape index (κ1) is 13.8. The first-order chi connectivity index (χ1) is 10.2. The highest BCUT2D eigenvalue weighted by atomic mass is 16.4. The zero-order valence-electron chi connectivity index (χ0n) is 11.7. The average molecular weight is 286 g/mol. The van der Waals surface area contributed by atoms with Crippen molar-refractivity contribution >= 4 is 22.7 Å². The molecular formula is C16H18N2O3. The third-order valence-corrected chi connectivity index (χ3v) is 4.14. The predicted octanol–water partition coefficient (Wildman–Crippen LogP) is 2.29. The molecule has 0 amide bonds. The Morgan fingerprint density at radius 3 is 2.90 bits per heavy atom. The van der Waals surface area contributed by atoms with Crippen LogP contribution in [0.4, 0.5) is 0 Å². The number of H-pyrrole nitrogens is 1. The topological polar surface area (TPSA) is 73.4 Å². The van der Waals surface area contributed by atoms with Crippen molar-refractivity contribution in [1.82, 2.24) is 9.88 Å². The number of rotatable bonds is 4. The van der Waals surface area contributed by atoms with Gasteiger partial charge in [0.25, 0.3) is 0 Å². The van der Waals surface area contributed by atoms with Gasteiger partial charge in [0.1, 0.15) is 6.04 Å². The molecule has 5 heteroatoms. The molecule has 1 aromatic carbocycles. The summed E-state index contributed by atoms with van der Waals surface area (Å²) < 4.78 is 0. The quantitative estimate of drug-likeness (QED) is 0.846. The lowest BCUT2D eigenvalue weighted by molar-refractivity contribution is -0.144. The maximum atomic E-state index is 12.5. The number of aliphatic carboxylic acids is 1. The number of carboxylic acids is 1. The van der Waals surface area contributed by atoms with Crippen LogP contribution in [-0.4, -0.2) is 45.9 Å². The SMILES string of the molecule is O=C(CN1CCCCC1C(=O)O)c1c[nH]c2ccccc12. The zero-order valence-corrected chi connectivity index (χ0v) is 11.7. The minimum absolute atomic E-state index is 0.0272. The normalized spacial score (nSPS) is 19.7. The van der Waals surface area contributed by atoms with Crippen LogP contribution in [-0.2, 0) is 4.79 Å². The van der Waals surface area contributed by atoms with Crippen molar-refractivity contribution in [3.63, 3.8) is 0 Å². The van der Waals surface area contributed by atoms with Crippen LogP contribution in [0.5, 0.6) is 0 Å². The van der Waals surface area contributed by atoms with Gasteiger partial charge in [0, 0.05) is 22.7 Å². The van der Waals surface area contributed by atoms with Crippen LogP contribution in [0.2, 0.25) is 0 Å². The van der Waals surface area contributed by atoms with Crippen molar-refractivity contribution in [3.05, 3.63) is 36.0 Å². The lowest BCUT2D eigenvalue weighted by atomic mass is 10.0. The molecule has 1 saturated heterocycles. The van der Waals surface area contributed by atoms with Gasteiger partial charge in [-0.15, -0.1) is 0 Å². The number of aromatic amines is 1. The number of carbonyl (C=O) groups excluding carboxylic acids is 1. The maximum Gasteiger partial charge on any atom is 0.320 e. The van der Waals surface area contributed by atoms with Crippen LogP contribution >= 0.6 is 0 Å². The number of hydrogen-bond acceptors (Lipinski definition) is 3. The summed E-state index contributed by atoms with van der Waals surface area (Å²) in [4.78, 5) is 28.7. The van der Waals surface area contributed by atoms with E-state index < -0.39 is 12.0 Å². The van der Waals surface area contributed by atoms with Gasteiger partial charge >= 0.3 is 5.97 Å². The average Bonchev–Trinajstić information content (AvgIpc) is 2.91. The van der Waals surface area contributed by atoms with Crippen LogP contribution in [0.1, 0.15) is 29.6 Å². The highest BCUT2D eigenvalue weighted by Gasteiger charge is 2.30. The molecule has 1 aliphatic heterocycles. The summed E-state index contributed by atoms with van der Waals surface area (Å²) in [5.74, 6) is -0.859. The van der Waals surface area contributed by atoms with Gasteiger partial charge in [-0.2, -0.15) is 0 Å². The van der Waals surface area contributed by atoms with Gasteiger partial charge in [-0.3, -0.25) is 14.5 Å². The number of piperidine rings is 1. The maximum absolute atomic E-state index is 12.5. The van der Waals surface area contributed by atoms with E-state index in [-0.39, 0.29) is 12.3 Å². The summed E-state index contributed by atoms with van der Waals surface area (Å²) in [5, 5.41) is 10.2. The molecule has 110 valence electrons. The number of nitrogens with zero attached hydrogens (tertiary/aromatic N) is 1. The van der Waals surface area contributed by atoms with E-state index in [9.17, 15) is 14.7 Å². The van der Waals surface area contributed by atoms with Crippen LogP contribution in [0.15, 0.2) is 30.5 Å². The molecule has 2 heterocycles. The number of para-hydroxylation sites is 1. The number of benzene rings is 1. The number of likely N-dealkylation sites (tertiary alicyclic amines) is 1. The summed E-state index contributed by atoms with van der Waals surface area (Å²) in [7, 11) is 0. The number of carbonyl (C=O) groups is 2. The van der Waals surface area contributed by atoms with Gasteiger partial charge in [-0.1, -0.05) is 24.6 Å². The second-order valence-corrected chi connectivity index (χ2v) is 5.49. The van der Waals surface area contributed by atoms with Crippen LogP contribution in [0.25, 0.3) is 10.9 Å². The van der Waals surface area contributed by atoms with Crippen molar-refractivity contribution in [1.29, 1.82) is 0 Å². The predicted molar refractivity (Wildman–Crippen MR) is 79.5 cm³/mol. The van der Waals surface area contributed by atoms with E-state index in [2.05, 4.69) is 4.98 Å². The van der Waals surface area contributed by atoms with E-state index in [4.69, 9.17) is 0 Å². The van der Waals surface area contributed by atoms with Crippen molar-refractivity contribution in [2.75, 3.05) is 13.1 Å². The molecule has 21 heavy (non-hydrogen) atoms. The largest absolute Gasteiger partial charge is 0.480 e. The van der Waals surface area contributed by atoms with Crippen LogP contribution < -0.4 is 0 Å². The van der Waals surface area contributed by atoms with E-state index in [1.807, 2.05) is 24.3 Å². The molecule has 2 aromatic rings. The Labute approximate surface area is 122 Å². The van der Waals surface area contributed by atoms with Crippen molar-refractivity contribution in [2.45, 2.75) is 25.3 Å². The highest BCUT2D eigenvalue weighted by molar-refractivity contribution is 6.08. The molecule has 0 spiro atoms. The molecule has 5 nitrogen and oxygen atoms in total. The molecule has 1 fully saturated rings. The van der Waals surface area contributed by atoms with Crippen molar-refractivity contribution in [2.24, 2.45) is 0 Å². The van der Waals surface area contributed by atoms with Gasteiger partial charge in [0.05, 0.1) is 6.54 Å². The Hall–Kier alpha value is -2.14. The fraction of sp³-hybridized carbons (Fsp3) is 0.375. The standard InChI is InChI=1S/C16H18N2O3/c19-15(10-18-8-4-3-7-14(18)16(20)21)12-9-17-13-6-2-1-5-11(12)13/h1-2,5-6,9,14,17H,3-4,7-8,10H2,(H,20,21). The smallest absolute Gasteiger partial charge is 0.320 e. The minimum Gasteiger partial charge on any atom is -0.480 e. The fourth-order valence-electron chi connectivity index (χ4n) is 3.03. The zero-order chi connectivity index (χ0) is 14.8. The first-order valence-corrected chi connectivity index (χ1v) is 7.23. The number of fused-ring (bicyclic) bond motifs is 1. The summed E-state index contributed by atoms with van der Waals surface area (Å²) in [6.07, 6.45) is 4.20. The third-order valence-electron chi connectivity index (χ3n) is 4.14. The highest BCUT2D eigenvalue weighted by Crippen LogP contribution is 2.21. The number of hydrogen-bond donors (Lipinski definition) is 2. The van der Waals surface area contributed by atoms with Crippen molar-refractivity contribution in [3.8, 4) is 0 Å². The molecule has 0 bridgehead atoms. The molecule has 1 aromatic heterocycles. The van der Waals surface area contributed by atoms with E-state index in [0.29, 0.717) is 18.5 Å². The minimum atomic E-state index is -0.832. The summed E-state index contributed by atoms with van der Waals surface area (Å²) in [5.41, 5.74) is 1.56. The van der Waals surface area contributed by atoms with E-state index in [1.165, 1.54) is 0 Å². The van der Waals surface area contributed by atoms with E-state index in [0.717, 1.165) is 23.7 Å². The Morgan fingerprint density at radius 1 is 1.29 bits per heavy atom. The summed E-state index contributed by atoms with van der Waals surface area (Å²) in [6, 6.07) is 7.11. The van der Waals surface area contributed by atoms with E-state index in [1.54, 1.807) is 11.1 Å². The van der Waals surface area contributed by atoms with E-state index >= 15 is 0 Å². The number of ketones is 1.